The van der Waals surface area contributed by atoms with E-state index in [0.29, 0.717) is 23.9 Å². The van der Waals surface area contributed by atoms with Gasteiger partial charge < -0.3 is 15.2 Å². The molecule has 3 aliphatic rings. The van der Waals surface area contributed by atoms with E-state index in [2.05, 4.69) is 10.2 Å². The number of hydrogen-bond acceptors (Lipinski definition) is 6. The van der Waals surface area contributed by atoms with Gasteiger partial charge in [0.2, 0.25) is 0 Å². The van der Waals surface area contributed by atoms with Crippen LogP contribution in [0.25, 0.3) is 0 Å². The molecule has 0 aliphatic carbocycles. The molecular weight excluding hydrogens is 388 g/mol. The monoisotopic (exact) mass is 414 g/mol. The maximum Gasteiger partial charge on any atom is 0.345 e. The van der Waals surface area contributed by atoms with Gasteiger partial charge in [-0.05, 0) is 49.5 Å². The van der Waals surface area contributed by atoms with Crippen LogP contribution in [0.1, 0.15) is 38.9 Å². The standard InChI is InChI=1S/C22H26N2O4S/c25-21(26)20-7-6-17(29-20)12-23-13-18(15-4-2-1-3-5-15)22(27)28-19-14-24-10-8-16(19)9-11-24/h1-7,16,18-19,23H,8-14H2,(H,25,26)/t18?,19-/m0/s1. The number of rotatable bonds is 8. The van der Waals surface area contributed by atoms with E-state index in [4.69, 9.17) is 9.84 Å². The summed E-state index contributed by atoms with van der Waals surface area (Å²) in [5.41, 5.74) is 0.934. The van der Waals surface area contributed by atoms with Crippen molar-refractivity contribution in [3.05, 3.63) is 57.8 Å². The van der Waals surface area contributed by atoms with Crippen molar-refractivity contribution in [2.45, 2.75) is 31.4 Å². The molecule has 3 saturated heterocycles. The number of nitrogens with one attached hydrogen (secondary N) is 1. The van der Waals surface area contributed by atoms with Gasteiger partial charge in [0.1, 0.15) is 11.0 Å². The summed E-state index contributed by atoms with van der Waals surface area (Å²) >= 11 is 1.25. The molecule has 6 nitrogen and oxygen atoms in total. The molecule has 3 fully saturated rings. The number of esters is 1. The molecule has 4 heterocycles. The second-order valence-electron chi connectivity index (χ2n) is 7.78. The van der Waals surface area contributed by atoms with Crippen molar-refractivity contribution in [2.24, 2.45) is 5.92 Å². The van der Waals surface area contributed by atoms with Crippen LogP contribution in [-0.2, 0) is 16.1 Å². The number of hydrogen-bond donors (Lipinski definition) is 2. The number of piperidine rings is 3. The lowest BCUT2D eigenvalue weighted by atomic mass is 9.85. The molecule has 29 heavy (non-hydrogen) atoms. The molecule has 0 saturated carbocycles. The molecule has 0 amide bonds. The minimum atomic E-state index is -0.912. The Morgan fingerprint density at radius 2 is 1.93 bits per heavy atom. The van der Waals surface area contributed by atoms with Crippen LogP contribution < -0.4 is 5.32 Å². The molecule has 2 N–H and O–H groups in total. The summed E-state index contributed by atoms with van der Waals surface area (Å²) in [6.45, 7) is 4.04. The summed E-state index contributed by atoms with van der Waals surface area (Å²) in [5.74, 6) is -0.996. The van der Waals surface area contributed by atoms with Crippen LogP contribution in [0, 0.1) is 5.92 Å². The van der Waals surface area contributed by atoms with Crippen LogP contribution in [0.15, 0.2) is 42.5 Å². The minimum Gasteiger partial charge on any atom is -0.477 e. The third kappa shape index (κ3) is 4.86. The van der Waals surface area contributed by atoms with E-state index in [1.165, 1.54) is 11.3 Å². The minimum absolute atomic E-state index is 0.00775. The van der Waals surface area contributed by atoms with Gasteiger partial charge in [-0.3, -0.25) is 9.69 Å². The molecule has 3 aliphatic heterocycles. The molecule has 0 spiro atoms. The van der Waals surface area contributed by atoms with Gasteiger partial charge in [0.25, 0.3) is 0 Å². The third-order valence-corrected chi connectivity index (χ3v) is 6.94. The number of carboxylic acids is 1. The highest BCUT2D eigenvalue weighted by Gasteiger charge is 2.37. The number of carboxylic acid groups (broad SMARTS) is 1. The highest BCUT2D eigenvalue weighted by molar-refractivity contribution is 7.13. The topological polar surface area (TPSA) is 78.9 Å². The average molecular weight is 415 g/mol. The van der Waals surface area contributed by atoms with Crippen LogP contribution in [-0.4, -0.2) is 54.2 Å². The summed E-state index contributed by atoms with van der Waals surface area (Å²) in [7, 11) is 0. The van der Waals surface area contributed by atoms with Gasteiger partial charge in [-0.15, -0.1) is 11.3 Å². The smallest absolute Gasteiger partial charge is 0.345 e. The Labute approximate surface area is 174 Å². The molecule has 1 aromatic carbocycles. The number of aromatic carboxylic acids is 1. The van der Waals surface area contributed by atoms with E-state index in [9.17, 15) is 9.59 Å². The van der Waals surface area contributed by atoms with Crippen LogP contribution in [0.3, 0.4) is 0 Å². The number of ether oxygens (including phenoxy) is 1. The molecule has 5 rings (SSSR count). The first-order valence-electron chi connectivity index (χ1n) is 10.1. The zero-order valence-corrected chi connectivity index (χ0v) is 17.1. The fraction of sp³-hybridized carbons (Fsp3) is 0.455. The number of carbonyl (C=O) groups is 2. The first-order valence-corrected chi connectivity index (χ1v) is 10.9. The Morgan fingerprint density at radius 1 is 1.17 bits per heavy atom. The van der Waals surface area contributed by atoms with E-state index in [-0.39, 0.29) is 18.0 Å². The number of nitrogens with zero attached hydrogens (tertiary/aromatic N) is 1. The number of fused-ring (bicyclic) bond motifs is 3. The predicted octanol–water partition coefficient (Wildman–Crippen LogP) is 2.96. The van der Waals surface area contributed by atoms with Crippen molar-refractivity contribution in [2.75, 3.05) is 26.2 Å². The summed E-state index contributed by atoms with van der Waals surface area (Å²) < 4.78 is 5.98. The third-order valence-electron chi connectivity index (χ3n) is 5.87. The van der Waals surface area contributed by atoms with E-state index in [1.54, 1.807) is 6.07 Å². The molecule has 2 bridgehead atoms. The van der Waals surface area contributed by atoms with Crippen molar-refractivity contribution in [3.63, 3.8) is 0 Å². The highest BCUT2D eigenvalue weighted by atomic mass is 32.1. The molecule has 1 unspecified atom stereocenters. The number of thiophene rings is 1. The zero-order chi connectivity index (χ0) is 20.2. The second-order valence-corrected chi connectivity index (χ2v) is 8.95. The first kappa shape index (κ1) is 20.1. The quantitative estimate of drug-likeness (QED) is 0.647. The summed E-state index contributed by atoms with van der Waals surface area (Å²) in [6, 6.07) is 13.1. The van der Waals surface area contributed by atoms with Gasteiger partial charge >= 0.3 is 11.9 Å². The zero-order valence-electron chi connectivity index (χ0n) is 16.3. The molecule has 0 radical (unpaired) electrons. The molecule has 7 heteroatoms. The second kappa shape index (κ2) is 9.07. The van der Waals surface area contributed by atoms with Crippen LogP contribution >= 0.6 is 11.3 Å². The first-order chi connectivity index (χ1) is 14.1. The fourth-order valence-electron chi connectivity index (χ4n) is 4.23. The maximum atomic E-state index is 13.1. The molecule has 1 aromatic heterocycles. The Hall–Kier alpha value is -2.22. The van der Waals surface area contributed by atoms with Crippen molar-refractivity contribution in [1.29, 1.82) is 0 Å². The lowest BCUT2D eigenvalue weighted by Crippen LogP contribution is -2.52. The largest absolute Gasteiger partial charge is 0.477 e. The van der Waals surface area contributed by atoms with E-state index in [1.807, 2.05) is 36.4 Å². The van der Waals surface area contributed by atoms with Crippen molar-refractivity contribution in [1.82, 2.24) is 10.2 Å². The van der Waals surface area contributed by atoms with Gasteiger partial charge in [-0.2, -0.15) is 0 Å². The fourth-order valence-corrected chi connectivity index (χ4v) is 5.04. The predicted molar refractivity (Wildman–Crippen MR) is 111 cm³/mol. The normalized spacial score (nSPS) is 24.2. The van der Waals surface area contributed by atoms with Crippen LogP contribution in [0.5, 0.6) is 0 Å². The average Bonchev–Trinajstić information content (AvgIpc) is 3.22. The van der Waals surface area contributed by atoms with Gasteiger partial charge in [0.05, 0.1) is 5.92 Å². The van der Waals surface area contributed by atoms with Gasteiger partial charge in [0.15, 0.2) is 0 Å². The molecule has 2 atom stereocenters. The number of carbonyl (C=O) groups excluding carboxylic acids is 1. The van der Waals surface area contributed by atoms with E-state index in [0.717, 1.165) is 42.9 Å². The maximum absolute atomic E-state index is 13.1. The summed E-state index contributed by atoms with van der Waals surface area (Å²) in [6.07, 6.45) is 2.21. The van der Waals surface area contributed by atoms with Crippen molar-refractivity contribution < 1.29 is 19.4 Å². The van der Waals surface area contributed by atoms with Crippen LogP contribution in [0.4, 0.5) is 0 Å². The van der Waals surface area contributed by atoms with Gasteiger partial charge in [0, 0.05) is 24.5 Å². The van der Waals surface area contributed by atoms with Gasteiger partial charge in [-0.1, -0.05) is 30.3 Å². The lowest BCUT2D eigenvalue weighted by Gasteiger charge is -2.44. The Morgan fingerprint density at radius 3 is 2.55 bits per heavy atom. The Bertz CT molecular complexity index is 846. The van der Waals surface area contributed by atoms with E-state index < -0.39 is 5.97 Å². The van der Waals surface area contributed by atoms with Crippen molar-refractivity contribution in [3.8, 4) is 0 Å². The SMILES string of the molecule is O=C(O)c1ccc(CNCC(C(=O)O[C@H]2CN3CCC2CC3)c2ccccc2)s1. The molecular formula is C22H26N2O4S. The Balaban J connectivity index is 1.39. The molecule has 2 aromatic rings. The molecule has 154 valence electrons. The summed E-state index contributed by atoms with van der Waals surface area (Å²) in [5, 5.41) is 12.4. The van der Waals surface area contributed by atoms with E-state index >= 15 is 0 Å². The van der Waals surface area contributed by atoms with Crippen molar-refractivity contribution >= 4 is 23.3 Å². The van der Waals surface area contributed by atoms with Crippen LogP contribution in [0.2, 0.25) is 0 Å². The summed E-state index contributed by atoms with van der Waals surface area (Å²) in [4.78, 5) is 27.7. The van der Waals surface area contributed by atoms with Gasteiger partial charge in [-0.25, -0.2) is 4.79 Å². The lowest BCUT2D eigenvalue weighted by molar-refractivity contribution is -0.160. The Kier molecular flexibility index (Phi) is 6.28. The number of benzene rings is 1. The highest BCUT2D eigenvalue weighted by Crippen LogP contribution is 2.31.